The SMILES string of the molecule is O=C(O)CNC(=O)C1=C(O)c2ccc(-c3ccc(F)c(F)c3)cc2OC1O. The van der Waals surface area contributed by atoms with Gasteiger partial charge in [0, 0.05) is 0 Å². The largest absolute Gasteiger partial charge is 0.506 e. The summed E-state index contributed by atoms with van der Waals surface area (Å²) >= 11 is 0. The van der Waals surface area contributed by atoms with Crippen molar-refractivity contribution in [2.24, 2.45) is 0 Å². The number of rotatable bonds is 4. The Labute approximate surface area is 151 Å². The molecule has 0 bridgehead atoms. The van der Waals surface area contributed by atoms with Gasteiger partial charge in [0.25, 0.3) is 5.91 Å². The van der Waals surface area contributed by atoms with Gasteiger partial charge in [-0.3, -0.25) is 9.59 Å². The van der Waals surface area contributed by atoms with Crippen LogP contribution in [0.3, 0.4) is 0 Å². The summed E-state index contributed by atoms with van der Waals surface area (Å²) in [5.41, 5.74) is 0.297. The van der Waals surface area contributed by atoms with Crippen LogP contribution in [0, 0.1) is 11.6 Å². The standard InChI is InChI=1S/C18H13F2NO6/c19-11-4-2-8(5-12(11)20)9-1-3-10-13(6-9)27-18(26)15(16(10)24)17(25)21-7-14(22)23/h1-6,18,24,26H,7H2,(H,21,25)(H,22,23). The lowest BCUT2D eigenvalue weighted by molar-refractivity contribution is -0.137. The number of hydrogen-bond donors (Lipinski definition) is 4. The van der Waals surface area contributed by atoms with E-state index in [1.165, 1.54) is 24.3 Å². The Kier molecular flexibility index (Phi) is 4.78. The average Bonchev–Trinajstić information content (AvgIpc) is 2.61. The van der Waals surface area contributed by atoms with Gasteiger partial charge in [-0.25, -0.2) is 8.78 Å². The molecule has 1 unspecified atom stereocenters. The molecule has 1 heterocycles. The van der Waals surface area contributed by atoms with Gasteiger partial charge in [0.05, 0.1) is 5.56 Å². The molecule has 1 atom stereocenters. The van der Waals surface area contributed by atoms with Crippen LogP contribution in [0.15, 0.2) is 42.0 Å². The minimum Gasteiger partial charge on any atom is -0.506 e. The molecule has 0 saturated carbocycles. The number of hydrogen-bond acceptors (Lipinski definition) is 5. The van der Waals surface area contributed by atoms with Crippen molar-refractivity contribution in [3.05, 3.63) is 59.2 Å². The molecule has 1 amide bonds. The number of ether oxygens (including phenoxy) is 1. The number of aliphatic hydroxyl groups excluding tert-OH is 2. The molecule has 140 valence electrons. The number of carbonyl (C=O) groups is 2. The van der Waals surface area contributed by atoms with Crippen molar-refractivity contribution in [2.45, 2.75) is 6.29 Å². The molecule has 0 saturated heterocycles. The van der Waals surface area contributed by atoms with E-state index in [2.05, 4.69) is 0 Å². The predicted molar refractivity (Wildman–Crippen MR) is 88.6 cm³/mol. The number of carbonyl (C=O) groups excluding carboxylic acids is 1. The fraction of sp³-hybridized carbons (Fsp3) is 0.111. The monoisotopic (exact) mass is 377 g/mol. The van der Waals surface area contributed by atoms with Crippen LogP contribution in [0.25, 0.3) is 16.9 Å². The van der Waals surface area contributed by atoms with E-state index in [1.54, 1.807) is 0 Å². The van der Waals surface area contributed by atoms with Gasteiger partial charge in [-0.2, -0.15) is 0 Å². The van der Waals surface area contributed by atoms with Gasteiger partial charge >= 0.3 is 5.97 Å². The van der Waals surface area contributed by atoms with Crippen molar-refractivity contribution in [3.8, 4) is 16.9 Å². The zero-order valence-corrected chi connectivity index (χ0v) is 13.6. The van der Waals surface area contributed by atoms with E-state index >= 15 is 0 Å². The number of carboxylic acid groups (broad SMARTS) is 1. The molecular formula is C18H13F2NO6. The Hall–Kier alpha value is -3.46. The van der Waals surface area contributed by atoms with E-state index in [1.807, 2.05) is 5.32 Å². The summed E-state index contributed by atoms with van der Waals surface area (Å²) in [6, 6.07) is 7.53. The molecular weight excluding hydrogens is 364 g/mol. The molecule has 0 radical (unpaired) electrons. The Balaban J connectivity index is 1.97. The lowest BCUT2D eigenvalue weighted by Crippen LogP contribution is -2.38. The van der Waals surface area contributed by atoms with E-state index in [0.717, 1.165) is 12.1 Å². The highest BCUT2D eigenvalue weighted by Crippen LogP contribution is 2.37. The van der Waals surface area contributed by atoms with Crippen molar-refractivity contribution in [1.82, 2.24) is 5.32 Å². The zero-order chi connectivity index (χ0) is 19.7. The van der Waals surface area contributed by atoms with Crippen molar-refractivity contribution >= 4 is 17.6 Å². The molecule has 0 spiro atoms. The Morgan fingerprint density at radius 2 is 1.74 bits per heavy atom. The normalized spacial score (nSPS) is 15.7. The molecule has 27 heavy (non-hydrogen) atoms. The maximum Gasteiger partial charge on any atom is 0.322 e. The maximum absolute atomic E-state index is 13.4. The lowest BCUT2D eigenvalue weighted by Gasteiger charge is -2.25. The molecule has 1 aliphatic heterocycles. The molecule has 2 aromatic rings. The van der Waals surface area contributed by atoms with Gasteiger partial charge < -0.3 is 25.4 Å². The quantitative estimate of drug-likeness (QED) is 0.646. The van der Waals surface area contributed by atoms with Gasteiger partial charge in [0.2, 0.25) is 6.29 Å². The maximum atomic E-state index is 13.4. The lowest BCUT2D eigenvalue weighted by atomic mass is 9.98. The third kappa shape index (κ3) is 3.58. The van der Waals surface area contributed by atoms with Gasteiger partial charge in [-0.1, -0.05) is 12.1 Å². The van der Waals surface area contributed by atoms with Gasteiger partial charge in [0.1, 0.15) is 23.6 Å². The number of nitrogens with one attached hydrogen (secondary N) is 1. The van der Waals surface area contributed by atoms with Crippen molar-refractivity contribution in [2.75, 3.05) is 6.54 Å². The number of fused-ring (bicyclic) bond motifs is 1. The summed E-state index contributed by atoms with van der Waals surface area (Å²) in [6.45, 7) is -0.704. The molecule has 0 aliphatic carbocycles. The minimum absolute atomic E-state index is 0.0111. The summed E-state index contributed by atoms with van der Waals surface area (Å²) in [5, 5.41) is 30.9. The predicted octanol–water partition coefficient (Wildman–Crippen LogP) is 1.81. The molecule has 2 aromatic carbocycles. The van der Waals surface area contributed by atoms with Gasteiger partial charge in [-0.15, -0.1) is 0 Å². The highest BCUT2D eigenvalue weighted by Gasteiger charge is 2.32. The summed E-state index contributed by atoms with van der Waals surface area (Å²) in [6.07, 6.45) is -1.84. The first-order chi connectivity index (χ1) is 12.8. The van der Waals surface area contributed by atoms with Crippen LogP contribution < -0.4 is 10.1 Å². The summed E-state index contributed by atoms with van der Waals surface area (Å²) in [5.74, 6) is -4.91. The number of amides is 1. The number of aliphatic carboxylic acids is 1. The van der Waals surface area contributed by atoms with Crippen LogP contribution in [0.4, 0.5) is 8.78 Å². The van der Waals surface area contributed by atoms with E-state index in [4.69, 9.17) is 9.84 Å². The third-order valence-electron chi connectivity index (χ3n) is 3.88. The molecule has 4 N–H and O–H groups in total. The Bertz CT molecular complexity index is 972. The Morgan fingerprint density at radius 3 is 2.41 bits per heavy atom. The van der Waals surface area contributed by atoms with Crippen LogP contribution in [-0.4, -0.2) is 40.0 Å². The third-order valence-corrected chi connectivity index (χ3v) is 3.88. The fourth-order valence-corrected chi connectivity index (χ4v) is 2.58. The Morgan fingerprint density at radius 1 is 1.07 bits per heavy atom. The van der Waals surface area contributed by atoms with E-state index in [9.17, 15) is 28.6 Å². The van der Waals surface area contributed by atoms with E-state index in [-0.39, 0.29) is 11.3 Å². The molecule has 7 nitrogen and oxygen atoms in total. The van der Waals surface area contributed by atoms with Crippen LogP contribution in [0.5, 0.6) is 5.75 Å². The molecule has 1 aliphatic rings. The second-order valence-electron chi connectivity index (χ2n) is 5.65. The van der Waals surface area contributed by atoms with Gasteiger partial charge in [0.15, 0.2) is 11.6 Å². The van der Waals surface area contributed by atoms with E-state index in [0.29, 0.717) is 11.1 Å². The number of halogens is 2. The minimum atomic E-state index is -1.84. The van der Waals surface area contributed by atoms with Crippen molar-refractivity contribution in [3.63, 3.8) is 0 Å². The average molecular weight is 377 g/mol. The van der Waals surface area contributed by atoms with Crippen LogP contribution in [-0.2, 0) is 9.59 Å². The first-order valence-electron chi connectivity index (χ1n) is 7.65. The molecule has 9 heteroatoms. The topological polar surface area (TPSA) is 116 Å². The summed E-state index contributed by atoms with van der Waals surface area (Å²) in [7, 11) is 0. The highest BCUT2D eigenvalue weighted by atomic mass is 19.2. The van der Waals surface area contributed by atoms with Crippen molar-refractivity contribution < 1.29 is 38.4 Å². The van der Waals surface area contributed by atoms with E-state index < -0.39 is 47.7 Å². The zero-order valence-electron chi connectivity index (χ0n) is 13.6. The number of benzene rings is 2. The summed E-state index contributed by atoms with van der Waals surface area (Å²) < 4.78 is 31.7. The molecule has 3 rings (SSSR count). The first kappa shape index (κ1) is 18.3. The van der Waals surface area contributed by atoms with Crippen LogP contribution in [0.2, 0.25) is 0 Å². The van der Waals surface area contributed by atoms with Crippen molar-refractivity contribution in [1.29, 1.82) is 0 Å². The molecule has 0 aromatic heterocycles. The highest BCUT2D eigenvalue weighted by molar-refractivity contribution is 6.02. The second kappa shape index (κ2) is 7.04. The molecule has 0 fully saturated rings. The number of aliphatic hydroxyl groups is 2. The fourth-order valence-electron chi connectivity index (χ4n) is 2.58. The smallest absolute Gasteiger partial charge is 0.322 e. The first-order valence-corrected chi connectivity index (χ1v) is 7.65. The number of carboxylic acids is 1. The van der Waals surface area contributed by atoms with Crippen LogP contribution >= 0.6 is 0 Å². The van der Waals surface area contributed by atoms with Gasteiger partial charge in [-0.05, 0) is 35.4 Å². The van der Waals surface area contributed by atoms with Crippen LogP contribution in [0.1, 0.15) is 5.56 Å². The second-order valence-corrected chi connectivity index (χ2v) is 5.65. The summed E-state index contributed by atoms with van der Waals surface area (Å²) in [4.78, 5) is 22.5.